The van der Waals surface area contributed by atoms with E-state index in [1.54, 1.807) is 0 Å². The lowest BCUT2D eigenvalue weighted by molar-refractivity contribution is -0.123. The fraction of sp³-hybridized carbons (Fsp3) is 0.613. The molecular weight excluding hydrogens is 531 g/mol. The summed E-state index contributed by atoms with van der Waals surface area (Å²) in [5, 5.41) is 6.03. The van der Waals surface area contributed by atoms with Gasteiger partial charge in [-0.2, -0.15) is 0 Å². The Morgan fingerprint density at radius 1 is 1.00 bits per heavy atom. The van der Waals surface area contributed by atoms with Crippen molar-refractivity contribution in [3.8, 4) is 0 Å². The summed E-state index contributed by atoms with van der Waals surface area (Å²) in [7, 11) is 1.48. The minimum Gasteiger partial charge on any atom is -0.410 e. The molecule has 11 heteroatoms. The predicted octanol–water partition coefficient (Wildman–Crippen LogP) is 3.27. The van der Waals surface area contributed by atoms with E-state index >= 15 is 0 Å². The van der Waals surface area contributed by atoms with Crippen molar-refractivity contribution >= 4 is 18.9 Å². The van der Waals surface area contributed by atoms with Crippen LogP contribution in [-0.2, 0) is 20.5 Å². The van der Waals surface area contributed by atoms with Crippen LogP contribution in [0.5, 0.6) is 0 Å². The monoisotopic (exact) mass is 582 g/mol. The SMILES string of the molecule is CCCOB(OCCN(C)CCCCCCN)[C@H](CC(C)C)NC(=O)[C@H](Cc1ccccc1)NC(=O)c1cnccn1. The molecule has 0 fully saturated rings. The van der Waals surface area contributed by atoms with Gasteiger partial charge < -0.3 is 30.6 Å². The van der Waals surface area contributed by atoms with Crippen LogP contribution >= 0.6 is 0 Å². The van der Waals surface area contributed by atoms with Gasteiger partial charge in [-0.3, -0.25) is 14.6 Å². The number of likely N-dealkylation sites (N-methyl/N-ethyl adjacent to an activating group) is 1. The number of rotatable bonds is 22. The van der Waals surface area contributed by atoms with Crippen molar-refractivity contribution in [1.82, 2.24) is 25.5 Å². The standard InChI is InChI=1S/C31H51BN6O4/c1-5-20-41-32(42-21-19-38(4)18-12-7-6-11-15-33)29(22-25(2)3)37-30(39)27(23-26-13-9-8-10-14-26)36-31(40)28-24-34-16-17-35-28/h8-10,13-14,16-17,24-25,27,29H,5-7,11-12,15,18-23,33H2,1-4H3,(H,36,40)(H,37,39)/t27-,29-/m0/s1. The maximum Gasteiger partial charge on any atom is 0.480 e. The van der Waals surface area contributed by atoms with Crippen molar-refractivity contribution in [2.45, 2.75) is 77.7 Å². The number of nitrogens with two attached hydrogens (primary N) is 1. The zero-order chi connectivity index (χ0) is 30.6. The number of benzene rings is 1. The molecule has 232 valence electrons. The lowest BCUT2D eigenvalue weighted by atomic mass is 9.73. The van der Waals surface area contributed by atoms with Crippen molar-refractivity contribution in [1.29, 1.82) is 0 Å². The summed E-state index contributed by atoms with van der Waals surface area (Å²) < 4.78 is 12.4. The summed E-state index contributed by atoms with van der Waals surface area (Å²) in [6, 6.07) is 8.79. The Hall–Kier alpha value is -2.86. The van der Waals surface area contributed by atoms with E-state index in [9.17, 15) is 9.59 Å². The van der Waals surface area contributed by atoms with E-state index in [4.69, 9.17) is 15.0 Å². The normalized spacial score (nSPS) is 12.7. The summed E-state index contributed by atoms with van der Waals surface area (Å²) in [6.45, 7) is 9.75. The summed E-state index contributed by atoms with van der Waals surface area (Å²) in [5.41, 5.74) is 6.67. The topological polar surface area (TPSA) is 132 Å². The van der Waals surface area contributed by atoms with Crippen molar-refractivity contribution in [2.24, 2.45) is 11.7 Å². The van der Waals surface area contributed by atoms with Crippen LogP contribution in [0, 0.1) is 5.92 Å². The van der Waals surface area contributed by atoms with Crippen LogP contribution in [0.1, 0.15) is 75.3 Å². The second kappa shape index (κ2) is 20.9. The number of nitrogens with one attached hydrogen (secondary N) is 2. The third-order valence-corrected chi connectivity index (χ3v) is 6.82. The number of amides is 2. The number of aromatic nitrogens is 2. The van der Waals surface area contributed by atoms with Gasteiger partial charge in [0.1, 0.15) is 11.7 Å². The molecule has 2 aromatic rings. The molecule has 2 rings (SSSR count). The van der Waals surface area contributed by atoms with E-state index in [2.05, 4.69) is 46.4 Å². The van der Waals surface area contributed by atoms with Crippen LogP contribution in [0.25, 0.3) is 0 Å². The highest BCUT2D eigenvalue weighted by Gasteiger charge is 2.34. The molecule has 2 atom stereocenters. The van der Waals surface area contributed by atoms with E-state index in [1.807, 2.05) is 37.3 Å². The van der Waals surface area contributed by atoms with Gasteiger partial charge in [-0.25, -0.2) is 4.98 Å². The van der Waals surface area contributed by atoms with Gasteiger partial charge in [0.25, 0.3) is 5.91 Å². The first-order chi connectivity index (χ1) is 20.3. The van der Waals surface area contributed by atoms with Gasteiger partial charge in [0.2, 0.25) is 5.91 Å². The van der Waals surface area contributed by atoms with Gasteiger partial charge >= 0.3 is 7.12 Å². The second-order valence-corrected chi connectivity index (χ2v) is 11.2. The molecule has 0 spiro atoms. The van der Waals surface area contributed by atoms with Crippen LogP contribution < -0.4 is 16.4 Å². The van der Waals surface area contributed by atoms with Crippen molar-refractivity contribution < 1.29 is 18.9 Å². The Morgan fingerprint density at radius 2 is 1.74 bits per heavy atom. The zero-order valence-corrected chi connectivity index (χ0v) is 26.0. The van der Waals surface area contributed by atoms with Crippen molar-refractivity contribution in [3.63, 3.8) is 0 Å². The van der Waals surface area contributed by atoms with Crippen LogP contribution in [0.15, 0.2) is 48.9 Å². The van der Waals surface area contributed by atoms with Crippen LogP contribution in [-0.4, -0.2) is 85.7 Å². The van der Waals surface area contributed by atoms with E-state index in [0.717, 1.165) is 50.9 Å². The van der Waals surface area contributed by atoms with Crippen molar-refractivity contribution in [2.75, 3.05) is 39.9 Å². The smallest absolute Gasteiger partial charge is 0.410 e. The molecule has 0 unspecified atom stereocenters. The molecule has 0 aliphatic rings. The average molecular weight is 583 g/mol. The molecule has 4 N–H and O–H groups in total. The third-order valence-electron chi connectivity index (χ3n) is 6.82. The molecule has 1 aromatic heterocycles. The highest BCUT2D eigenvalue weighted by Crippen LogP contribution is 2.13. The Kier molecular flexibility index (Phi) is 17.6. The number of hydrogen-bond acceptors (Lipinski definition) is 8. The Balaban J connectivity index is 2.11. The van der Waals surface area contributed by atoms with E-state index in [-0.39, 0.29) is 17.5 Å². The number of unbranched alkanes of at least 4 members (excludes halogenated alkanes) is 3. The molecule has 0 saturated carbocycles. The number of nitrogens with zero attached hydrogens (tertiary/aromatic N) is 3. The van der Waals surface area contributed by atoms with Gasteiger partial charge in [0.05, 0.1) is 12.1 Å². The van der Waals surface area contributed by atoms with Gasteiger partial charge in [-0.05, 0) is 57.3 Å². The van der Waals surface area contributed by atoms with Crippen LogP contribution in [0.4, 0.5) is 0 Å². The van der Waals surface area contributed by atoms with E-state index in [0.29, 0.717) is 26.1 Å². The molecule has 42 heavy (non-hydrogen) atoms. The Labute approximate surface area is 252 Å². The summed E-state index contributed by atoms with van der Waals surface area (Å²) in [4.78, 5) is 37.1. The Morgan fingerprint density at radius 3 is 2.40 bits per heavy atom. The molecule has 0 bridgehead atoms. The zero-order valence-electron chi connectivity index (χ0n) is 26.0. The number of hydrogen-bond donors (Lipinski definition) is 3. The molecule has 0 aliphatic carbocycles. The first kappa shape index (κ1) is 35.3. The molecule has 0 radical (unpaired) electrons. The highest BCUT2D eigenvalue weighted by molar-refractivity contribution is 6.47. The molecule has 1 heterocycles. The predicted molar refractivity (Wildman–Crippen MR) is 168 cm³/mol. The second-order valence-electron chi connectivity index (χ2n) is 11.2. The number of carbonyl (C=O) groups excluding carboxylic acids is 2. The minimum absolute atomic E-state index is 0.151. The van der Waals surface area contributed by atoms with Gasteiger partial charge in [0.15, 0.2) is 0 Å². The number of carbonyl (C=O) groups is 2. The summed E-state index contributed by atoms with van der Waals surface area (Å²) in [5.74, 6) is -0.868. The summed E-state index contributed by atoms with van der Waals surface area (Å²) in [6.07, 6.45) is 10.7. The quantitative estimate of drug-likeness (QED) is 0.142. The van der Waals surface area contributed by atoms with Gasteiger partial charge in [-0.15, -0.1) is 0 Å². The van der Waals surface area contributed by atoms with Crippen molar-refractivity contribution in [3.05, 3.63) is 60.2 Å². The van der Waals surface area contributed by atoms with E-state index in [1.165, 1.54) is 25.0 Å². The summed E-state index contributed by atoms with van der Waals surface area (Å²) >= 11 is 0. The first-order valence-electron chi connectivity index (χ1n) is 15.4. The van der Waals surface area contributed by atoms with E-state index < -0.39 is 25.0 Å². The largest absolute Gasteiger partial charge is 0.480 e. The maximum absolute atomic E-state index is 13.8. The fourth-order valence-corrected chi connectivity index (χ4v) is 4.57. The molecule has 1 aromatic carbocycles. The average Bonchev–Trinajstić information content (AvgIpc) is 2.98. The molecule has 0 saturated heterocycles. The van der Waals surface area contributed by atoms with Gasteiger partial charge in [-0.1, -0.05) is 63.9 Å². The molecule has 0 aliphatic heterocycles. The third kappa shape index (κ3) is 14.4. The molecular formula is C31H51BN6O4. The maximum atomic E-state index is 13.8. The highest BCUT2D eigenvalue weighted by atomic mass is 16.6. The minimum atomic E-state index is -0.825. The first-order valence-corrected chi connectivity index (χ1v) is 15.4. The van der Waals surface area contributed by atoms with Crippen LogP contribution in [0.3, 0.4) is 0 Å². The Bertz CT molecular complexity index is 1000. The lowest BCUT2D eigenvalue weighted by Crippen LogP contribution is -2.56. The van der Waals surface area contributed by atoms with Gasteiger partial charge in [0, 0.05) is 38.6 Å². The lowest BCUT2D eigenvalue weighted by Gasteiger charge is -2.29. The molecule has 10 nitrogen and oxygen atoms in total. The molecule has 2 amide bonds. The van der Waals surface area contributed by atoms with Crippen LogP contribution in [0.2, 0.25) is 0 Å². The fourth-order valence-electron chi connectivity index (χ4n) is 4.57.